The first-order chi connectivity index (χ1) is 11.5. The van der Waals surface area contributed by atoms with E-state index < -0.39 is 0 Å². The minimum Gasteiger partial charge on any atom is -0.507 e. The third kappa shape index (κ3) is 4.83. The Morgan fingerprint density at radius 3 is 2.29 bits per heavy atom. The van der Waals surface area contributed by atoms with Crippen LogP contribution in [0.5, 0.6) is 5.75 Å². The monoisotopic (exact) mass is 326 g/mol. The van der Waals surface area contributed by atoms with Gasteiger partial charge < -0.3 is 10.4 Å². The number of carbonyl (C=O) groups excluding carboxylic acids is 1. The average molecular weight is 326 g/mol. The molecule has 0 aliphatic heterocycles. The molecule has 2 aromatic carbocycles. The Kier molecular flexibility index (Phi) is 6.38. The Labute approximate surface area is 144 Å². The van der Waals surface area contributed by atoms with E-state index in [-0.39, 0.29) is 11.7 Å². The highest BCUT2D eigenvalue weighted by molar-refractivity contribution is 5.96. The van der Waals surface area contributed by atoms with Crippen molar-refractivity contribution < 1.29 is 9.90 Å². The van der Waals surface area contributed by atoms with Crippen LogP contribution < -0.4 is 5.32 Å². The molecule has 0 radical (unpaired) electrons. The predicted molar refractivity (Wildman–Crippen MR) is 97.1 cm³/mol. The fraction of sp³-hybridized carbons (Fsp3) is 0.350. The van der Waals surface area contributed by atoms with Crippen LogP contribution in [-0.4, -0.2) is 29.0 Å². The topological polar surface area (TPSA) is 52.6 Å². The number of aryl methyl sites for hydroxylation is 1. The van der Waals surface area contributed by atoms with Gasteiger partial charge in [0, 0.05) is 13.1 Å². The molecule has 128 valence electrons. The minimum absolute atomic E-state index is 0.00710. The van der Waals surface area contributed by atoms with E-state index in [9.17, 15) is 9.90 Å². The van der Waals surface area contributed by atoms with E-state index >= 15 is 0 Å². The van der Waals surface area contributed by atoms with Crippen molar-refractivity contribution in [2.45, 2.75) is 33.9 Å². The second kappa shape index (κ2) is 8.50. The van der Waals surface area contributed by atoms with Crippen LogP contribution in [0.3, 0.4) is 0 Å². The van der Waals surface area contributed by atoms with E-state index in [1.807, 2.05) is 19.1 Å². The van der Waals surface area contributed by atoms with Crippen molar-refractivity contribution in [2.24, 2.45) is 0 Å². The molecule has 0 aliphatic carbocycles. The lowest BCUT2D eigenvalue weighted by molar-refractivity contribution is 0.0948. The van der Waals surface area contributed by atoms with E-state index in [0.29, 0.717) is 12.1 Å². The van der Waals surface area contributed by atoms with Crippen LogP contribution in [0.15, 0.2) is 42.5 Å². The molecule has 2 aromatic rings. The van der Waals surface area contributed by atoms with E-state index in [1.165, 1.54) is 5.56 Å². The summed E-state index contributed by atoms with van der Waals surface area (Å²) in [5.74, 6) is -0.254. The molecule has 0 saturated heterocycles. The number of hydrogen-bond acceptors (Lipinski definition) is 3. The van der Waals surface area contributed by atoms with Gasteiger partial charge in [0.05, 0.1) is 5.56 Å². The number of carbonyl (C=O) groups is 1. The van der Waals surface area contributed by atoms with Crippen molar-refractivity contribution in [3.63, 3.8) is 0 Å². The van der Waals surface area contributed by atoms with Crippen molar-refractivity contribution in [1.29, 1.82) is 0 Å². The largest absolute Gasteiger partial charge is 0.507 e. The van der Waals surface area contributed by atoms with Gasteiger partial charge in [0.25, 0.3) is 5.91 Å². The average Bonchev–Trinajstić information content (AvgIpc) is 2.60. The molecule has 0 unspecified atom stereocenters. The molecule has 2 N–H and O–H groups in total. The highest BCUT2D eigenvalue weighted by Crippen LogP contribution is 2.18. The summed E-state index contributed by atoms with van der Waals surface area (Å²) in [6, 6.07) is 13.3. The smallest absolute Gasteiger partial charge is 0.255 e. The number of rotatable bonds is 7. The molecule has 0 spiro atoms. The van der Waals surface area contributed by atoms with Crippen LogP contribution in [0, 0.1) is 6.92 Å². The van der Waals surface area contributed by atoms with E-state index in [4.69, 9.17) is 0 Å². The third-order valence-electron chi connectivity index (χ3n) is 4.17. The molecule has 0 heterocycles. The maximum atomic E-state index is 12.2. The molecule has 0 aliphatic rings. The van der Waals surface area contributed by atoms with Gasteiger partial charge in [-0.15, -0.1) is 0 Å². The first-order valence-corrected chi connectivity index (χ1v) is 8.41. The number of hydrogen-bond donors (Lipinski definition) is 2. The molecule has 4 heteroatoms. The molecule has 4 nitrogen and oxygen atoms in total. The highest BCUT2D eigenvalue weighted by atomic mass is 16.3. The maximum Gasteiger partial charge on any atom is 0.255 e. The Morgan fingerprint density at radius 2 is 1.67 bits per heavy atom. The summed E-state index contributed by atoms with van der Waals surface area (Å²) in [5.41, 5.74) is 3.57. The first-order valence-electron chi connectivity index (χ1n) is 8.41. The number of phenols is 1. The van der Waals surface area contributed by atoms with Gasteiger partial charge in [0.15, 0.2) is 0 Å². The van der Waals surface area contributed by atoms with Crippen LogP contribution in [-0.2, 0) is 13.1 Å². The van der Waals surface area contributed by atoms with Gasteiger partial charge in [0.2, 0.25) is 0 Å². The van der Waals surface area contributed by atoms with E-state index in [0.717, 1.165) is 30.8 Å². The van der Waals surface area contributed by atoms with Gasteiger partial charge in [-0.2, -0.15) is 0 Å². The Morgan fingerprint density at radius 1 is 1.04 bits per heavy atom. The normalized spacial score (nSPS) is 10.8. The van der Waals surface area contributed by atoms with Gasteiger partial charge in [-0.1, -0.05) is 49.7 Å². The summed E-state index contributed by atoms with van der Waals surface area (Å²) in [6.45, 7) is 9.67. The number of aromatic hydroxyl groups is 1. The zero-order valence-corrected chi connectivity index (χ0v) is 14.7. The van der Waals surface area contributed by atoms with Crippen molar-refractivity contribution in [3.8, 4) is 5.75 Å². The lowest BCUT2D eigenvalue weighted by Crippen LogP contribution is -2.23. The zero-order valence-electron chi connectivity index (χ0n) is 14.7. The number of nitrogens with one attached hydrogen (secondary N) is 1. The van der Waals surface area contributed by atoms with Crippen molar-refractivity contribution in [1.82, 2.24) is 10.2 Å². The fourth-order valence-electron chi connectivity index (χ4n) is 2.58. The molecule has 24 heavy (non-hydrogen) atoms. The lowest BCUT2D eigenvalue weighted by Gasteiger charge is -2.18. The van der Waals surface area contributed by atoms with Crippen molar-refractivity contribution in [3.05, 3.63) is 64.7 Å². The van der Waals surface area contributed by atoms with Gasteiger partial charge in [0.1, 0.15) is 5.75 Å². The summed E-state index contributed by atoms with van der Waals surface area (Å²) in [6.07, 6.45) is 0. The van der Waals surface area contributed by atoms with Gasteiger partial charge in [-0.25, -0.2) is 0 Å². The van der Waals surface area contributed by atoms with Crippen molar-refractivity contribution in [2.75, 3.05) is 13.1 Å². The van der Waals surface area contributed by atoms with Crippen LogP contribution in [0.4, 0.5) is 0 Å². The number of amides is 1. The molecule has 1 amide bonds. The van der Waals surface area contributed by atoms with Crippen LogP contribution in [0.25, 0.3) is 0 Å². The Hall–Kier alpha value is -2.33. The lowest BCUT2D eigenvalue weighted by atomic mass is 10.1. The fourth-order valence-corrected chi connectivity index (χ4v) is 2.58. The van der Waals surface area contributed by atoms with E-state index in [1.54, 1.807) is 18.2 Å². The van der Waals surface area contributed by atoms with Gasteiger partial charge in [-0.05, 0) is 43.3 Å². The molecule has 0 saturated carbocycles. The molecule has 2 rings (SSSR count). The predicted octanol–water partition coefficient (Wildman–Crippen LogP) is 3.47. The van der Waals surface area contributed by atoms with Gasteiger partial charge >= 0.3 is 0 Å². The zero-order chi connectivity index (χ0) is 17.5. The number of benzene rings is 2. The molecule has 0 bridgehead atoms. The molecule has 0 atom stereocenters. The van der Waals surface area contributed by atoms with Crippen LogP contribution >= 0.6 is 0 Å². The molecule has 0 aromatic heterocycles. The Balaban J connectivity index is 1.94. The Bertz CT molecular complexity index is 677. The quantitative estimate of drug-likeness (QED) is 0.819. The molecular weight excluding hydrogens is 300 g/mol. The third-order valence-corrected chi connectivity index (χ3v) is 4.17. The standard InChI is InChI=1S/C20H26N2O2/c1-4-22(5-2)14-17-9-7-16(8-10-17)13-21-20(24)18-12-15(3)6-11-19(18)23/h6-12,23H,4-5,13-14H2,1-3H3,(H,21,24). The molecular formula is C20H26N2O2. The van der Waals surface area contributed by atoms with Crippen LogP contribution in [0.2, 0.25) is 0 Å². The first kappa shape index (κ1) is 18.0. The maximum absolute atomic E-state index is 12.2. The number of phenolic OH excluding ortho intramolecular Hbond substituents is 1. The highest BCUT2D eigenvalue weighted by Gasteiger charge is 2.11. The molecule has 0 fully saturated rings. The second-order valence-electron chi connectivity index (χ2n) is 5.98. The second-order valence-corrected chi connectivity index (χ2v) is 5.98. The van der Waals surface area contributed by atoms with Gasteiger partial charge in [-0.3, -0.25) is 9.69 Å². The summed E-state index contributed by atoms with van der Waals surface area (Å²) in [4.78, 5) is 14.6. The van der Waals surface area contributed by atoms with Crippen molar-refractivity contribution >= 4 is 5.91 Å². The number of nitrogens with zero attached hydrogens (tertiary/aromatic N) is 1. The minimum atomic E-state index is -0.261. The summed E-state index contributed by atoms with van der Waals surface area (Å²) in [5, 5.41) is 12.7. The van der Waals surface area contributed by atoms with E-state index in [2.05, 4.69) is 36.2 Å². The summed E-state index contributed by atoms with van der Waals surface area (Å²) < 4.78 is 0. The SMILES string of the molecule is CCN(CC)Cc1ccc(CNC(=O)c2cc(C)ccc2O)cc1. The summed E-state index contributed by atoms with van der Waals surface area (Å²) >= 11 is 0. The summed E-state index contributed by atoms with van der Waals surface area (Å²) in [7, 11) is 0. The van der Waals surface area contributed by atoms with Crippen LogP contribution in [0.1, 0.15) is 40.9 Å².